The average molecular weight is 403 g/mol. The summed E-state index contributed by atoms with van der Waals surface area (Å²) in [6.45, 7) is 6.74. The van der Waals surface area contributed by atoms with Crippen LogP contribution < -0.4 is 5.56 Å². The summed E-state index contributed by atoms with van der Waals surface area (Å²) in [7, 11) is 0. The normalized spacial score (nSPS) is 16.1. The van der Waals surface area contributed by atoms with Gasteiger partial charge >= 0.3 is 6.09 Å². The first kappa shape index (κ1) is 18.8. The number of likely N-dealkylation sites (tertiary alicyclic amines) is 1. The Hall–Kier alpha value is -2.54. The van der Waals surface area contributed by atoms with Crippen molar-refractivity contribution in [2.24, 2.45) is 0 Å². The number of amides is 1. The van der Waals surface area contributed by atoms with Crippen LogP contribution in [0.4, 0.5) is 4.79 Å². The first-order chi connectivity index (χ1) is 13.2. The zero-order valence-electron chi connectivity index (χ0n) is 16.2. The molecule has 8 heteroatoms. The van der Waals surface area contributed by atoms with Crippen molar-refractivity contribution in [3.8, 4) is 0 Å². The Labute approximate surface area is 167 Å². The van der Waals surface area contributed by atoms with E-state index >= 15 is 0 Å². The van der Waals surface area contributed by atoms with Gasteiger partial charge in [0.05, 0.1) is 10.7 Å². The zero-order valence-corrected chi connectivity index (χ0v) is 16.9. The largest absolute Gasteiger partial charge is 0.444 e. The van der Waals surface area contributed by atoms with E-state index in [0.717, 1.165) is 23.9 Å². The lowest BCUT2D eigenvalue weighted by atomic mass is 9.93. The van der Waals surface area contributed by atoms with Crippen molar-refractivity contribution in [3.05, 3.63) is 45.3 Å². The van der Waals surface area contributed by atoms with Crippen LogP contribution in [-0.4, -0.2) is 44.3 Å². The Morgan fingerprint density at radius 1 is 1.29 bits per heavy atom. The van der Waals surface area contributed by atoms with Crippen LogP contribution in [0, 0.1) is 0 Å². The summed E-state index contributed by atoms with van der Waals surface area (Å²) in [6, 6.07) is 7.12. The van der Waals surface area contributed by atoms with E-state index in [0.29, 0.717) is 29.3 Å². The first-order valence-electron chi connectivity index (χ1n) is 9.41. The standard InChI is InChI=1S/C20H23ClN4O3/c1-20(2,3)28-19(27)24-9-7-12(8-10-24)15-11-16(26)22-18-13-5-4-6-14(21)17(13)23-25(15)18/h4-6,11-12H,7-10H2,1-3H3,(H,22,26). The van der Waals surface area contributed by atoms with Crippen LogP contribution in [0.2, 0.25) is 5.02 Å². The second-order valence-electron chi connectivity index (χ2n) is 8.20. The molecule has 0 bridgehead atoms. The van der Waals surface area contributed by atoms with Gasteiger partial charge in [-0.3, -0.25) is 4.79 Å². The third kappa shape index (κ3) is 3.46. The number of rotatable bonds is 1. The highest BCUT2D eigenvalue weighted by Crippen LogP contribution is 2.31. The zero-order chi connectivity index (χ0) is 20.1. The first-order valence-corrected chi connectivity index (χ1v) is 9.79. The Kier molecular flexibility index (Phi) is 4.57. The number of hydrogen-bond acceptors (Lipinski definition) is 4. The molecule has 0 spiro atoms. The van der Waals surface area contributed by atoms with Crippen LogP contribution in [-0.2, 0) is 4.74 Å². The summed E-state index contributed by atoms with van der Waals surface area (Å²) < 4.78 is 7.24. The number of nitrogens with one attached hydrogen (secondary N) is 1. The fourth-order valence-corrected chi connectivity index (χ4v) is 3.91. The molecule has 4 rings (SSSR count). The van der Waals surface area contributed by atoms with Gasteiger partial charge in [-0.25, -0.2) is 9.31 Å². The second-order valence-corrected chi connectivity index (χ2v) is 8.60. The van der Waals surface area contributed by atoms with Crippen molar-refractivity contribution < 1.29 is 9.53 Å². The summed E-state index contributed by atoms with van der Waals surface area (Å²) >= 11 is 6.29. The molecule has 2 aromatic heterocycles. The number of carbonyl (C=O) groups excluding carboxylic acids is 1. The number of carbonyl (C=O) groups is 1. The molecule has 7 nitrogen and oxygen atoms in total. The lowest BCUT2D eigenvalue weighted by molar-refractivity contribution is 0.0203. The Morgan fingerprint density at radius 3 is 2.68 bits per heavy atom. The molecule has 1 aliphatic heterocycles. The minimum Gasteiger partial charge on any atom is -0.444 e. The molecule has 0 saturated carbocycles. The SMILES string of the molecule is CC(C)(C)OC(=O)N1CCC(c2cc(=O)[nH]c3c4cccc(Cl)c4nn23)CC1. The van der Waals surface area contributed by atoms with Crippen molar-refractivity contribution in [3.63, 3.8) is 0 Å². The molecule has 3 aromatic rings. The number of ether oxygens (including phenoxy) is 1. The smallest absolute Gasteiger partial charge is 0.410 e. The average Bonchev–Trinajstić information content (AvgIpc) is 3.00. The van der Waals surface area contributed by atoms with E-state index in [2.05, 4.69) is 10.1 Å². The lowest BCUT2D eigenvalue weighted by Gasteiger charge is -2.33. The quantitative estimate of drug-likeness (QED) is 0.668. The summed E-state index contributed by atoms with van der Waals surface area (Å²) in [4.78, 5) is 29.2. The third-order valence-electron chi connectivity index (χ3n) is 4.98. The predicted octanol–water partition coefficient (Wildman–Crippen LogP) is 3.94. The highest BCUT2D eigenvalue weighted by atomic mass is 35.5. The lowest BCUT2D eigenvalue weighted by Crippen LogP contribution is -2.41. The summed E-state index contributed by atoms with van der Waals surface area (Å²) in [5.74, 6) is 0.122. The molecule has 0 radical (unpaired) electrons. The van der Waals surface area contributed by atoms with Crippen LogP contribution in [0.5, 0.6) is 0 Å². The molecule has 0 unspecified atom stereocenters. The van der Waals surface area contributed by atoms with Crippen molar-refractivity contribution in [2.45, 2.75) is 45.1 Å². The van der Waals surface area contributed by atoms with Gasteiger partial charge in [0, 0.05) is 30.5 Å². The maximum atomic E-state index is 12.3. The van der Waals surface area contributed by atoms with E-state index in [1.807, 2.05) is 32.9 Å². The molecule has 148 valence electrons. The second kappa shape index (κ2) is 6.81. The molecule has 1 saturated heterocycles. The topological polar surface area (TPSA) is 79.7 Å². The molecule has 1 amide bonds. The molecule has 3 heterocycles. The van der Waals surface area contributed by atoms with Crippen molar-refractivity contribution in [1.29, 1.82) is 0 Å². The Bertz CT molecular complexity index is 1100. The molecular weight excluding hydrogens is 380 g/mol. The number of aromatic amines is 1. The predicted molar refractivity (Wildman–Crippen MR) is 108 cm³/mol. The van der Waals surface area contributed by atoms with Gasteiger partial charge in [-0.2, -0.15) is 5.10 Å². The van der Waals surface area contributed by atoms with Crippen LogP contribution in [0.3, 0.4) is 0 Å². The molecule has 28 heavy (non-hydrogen) atoms. The summed E-state index contributed by atoms with van der Waals surface area (Å²) in [6.07, 6.45) is 1.18. The number of H-pyrrole nitrogens is 1. The molecule has 1 aromatic carbocycles. The van der Waals surface area contributed by atoms with E-state index in [1.54, 1.807) is 21.5 Å². The molecule has 0 aliphatic carbocycles. The number of benzene rings is 1. The van der Waals surface area contributed by atoms with Crippen LogP contribution in [0.25, 0.3) is 16.6 Å². The molecular formula is C20H23ClN4O3. The number of nitrogens with zero attached hydrogens (tertiary/aromatic N) is 3. The highest BCUT2D eigenvalue weighted by molar-refractivity contribution is 6.35. The fourth-order valence-electron chi connectivity index (χ4n) is 3.70. The van der Waals surface area contributed by atoms with Gasteiger partial charge in [-0.05, 0) is 45.7 Å². The van der Waals surface area contributed by atoms with Gasteiger partial charge in [-0.15, -0.1) is 0 Å². The molecule has 1 N–H and O–H groups in total. The van der Waals surface area contributed by atoms with Crippen molar-refractivity contribution >= 4 is 34.2 Å². The number of fused-ring (bicyclic) bond motifs is 3. The van der Waals surface area contributed by atoms with E-state index in [4.69, 9.17) is 16.3 Å². The number of halogens is 1. The maximum absolute atomic E-state index is 12.3. The number of piperidine rings is 1. The van der Waals surface area contributed by atoms with Crippen LogP contribution in [0.1, 0.15) is 45.2 Å². The summed E-state index contributed by atoms with van der Waals surface area (Å²) in [5.41, 5.74) is 1.48. The van der Waals surface area contributed by atoms with E-state index in [1.165, 1.54) is 0 Å². The minimum absolute atomic E-state index is 0.122. The van der Waals surface area contributed by atoms with Crippen molar-refractivity contribution in [2.75, 3.05) is 13.1 Å². The van der Waals surface area contributed by atoms with Crippen LogP contribution in [0.15, 0.2) is 29.1 Å². The van der Waals surface area contributed by atoms with Crippen LogP contribution >= 0.6 is 11.6 Å². The van der Waals surface area contributed by atoms with Gasteiger partial charge in [0.15, 0.2) is 0 Å². The highest BCUT2D eigenvalue weighted by Gasteiger charge is 2.29. The Balaban J connectivity index is 1.64. The molecule has 0 atom stereocenters. The van der Waals surface area contributed by atoms with Gasteiger partial charge < -0.3 is 14.6 Å². The number of aromatic nitrogens is 3. The Morgan fingerprint density at radius 2 is 2.00 bits per heavy atom. The van der Waals surface area contributed by atoms with E-state index in [-0.39, 0.29) is 17.6 Å². The summed E-state index contributed by atoms with van der Waals surface area (Å²) in [5, 5.41) is 6.01. The van der Waals surface area contributed by atoms with E-state index in [9.17, 15) is 9.59 Å². The fraction of sp³-hybridized carbons (Fsp3) is 0.450. The third-order valence-corrected chi connectivity index (χ3v) is 5.29. The van der Waals surface area contributed by atoms with Gasteiger partial charge in [0.25, 0.3) is 5.56 Å². The van der Waals surface area contributed by atoms with E-state index < -0.39 is 5.60 Å². The monoisotopic (exact) mass is 402 g/mol. The molecule has 1 fully saturated rings. The number of hydrogen-bond donors (Lipinski definition) is 1. The van der Waals surface area contributed by atoms with Gasteiger partial charge in [-0.1, -0.05) is 17.7 Å². The van der Waals surface area contributed by atoms with Gasteiger partial charge in [0.1, 0.15) is 16.8 Å². The molecule has 1 aliphatic rings. The van der Waals surface area contributed by atoms with Crippen molar-refractivity contribution in [1.82, 2.24) is 19.5 Å². The maximum Gasteiger partial charge on any atom is 0.410 e. The van der Waals surface area contributed by atoms with Gasteiger partial charge in [0.2, 0.25) is 0 Å². The minimum atomic E-state index is -0.513.